The molecule has 4 rings (SSSR count). The number of para-hydroxylation sites is 1. The van der Waals surface area contributed by atoms with Crippen molar-refractivity contribution in [1.29, 1.82) is 0 Å². The summed E-state index contributed by atoms with van der Waals surface area (Å²) >= 11 is 0. The molecular weight excluding hydrogens is 368 g/mol. The van der Waals surface area contributed by atoms with Crippen molar-refractivity contribution >= 4 is 22.7 Å². The zero-order chi connectivity index (χ0) is 20.2. The summed E-state index contributed by atoms with van der Waals surface area (Å²) in [6.07, 6.45) is -0.639. The molecule has 3 aromatic carbocycles. The quantitative estimate of drug-likeness (QED) is 0.508. The molecule has 146 valence electrons. The van der Waals surface area contributed by atoms with Crippen LogP contribution in [0, 0.1) is 0 Å². The number of fused-ring (bicyclic) bond motifs is 1. The van der Waals surface area contributed by atoms with E-state index in [1.54, 1.807) is 32.2 Å². The van der Waals surface area contributed by atoms with Gasteiger partial charge in [-0.3, -0.25) is 4.79 Å². The standard InChI is InChI=1S/C23H20N2O4/c1-15(28-19-6-4-3-5-7-19)22(26)24-17-10-13-21-20(14-17)25-23(29-21)16-8-11-18(27-2)12-9-16/h3-15H,1-2H3,(H,24,26)/t15-/m0/s1. The van der Waals surface area contributed by atoms with Gasteiger partial charge in [0.05, 0.1) is 7.11 Å². The van der Waals surface area contributed by atoms with Crippen molar-refractivity contribution in [2.75, 3.05) is 12.4 Å². The summed E-state index contributed by atoms with van der Waals surface area (Å²) < 4.78 is 16.7. The average Bonchev–Trinajstić information content (AvgIpc) is 3.18. The molecule has 0 aliphatic carbocycles. The monoisotopic (exact) mass is 388 g/mol. The van der Waals surface area contributed by atoms with Crippen LogP contribution in [0.15, 0.2) is 77.2 Å². The van der Waals surface area contributed by atoms with E-state index in [9.17, 15) is 4.79 Å². The Labute approximate surface area is 168 Å². The van der Waals surface area contributed by atoms with Crippen molar-refractivity contribution in [3.8, 4) is 23.0 Å². The van der Waals surface area contributed by atoms with E-state index in [2.05, 4.69) is 10.3 Å². The second kappa shape index (κ2) is 8.06. The van der Waals surface area contributed by atoms with Gasteiger partial charge in [-0.05, 0) is 61.5 Å². The maximum absolute atomic E-state index is 12.4. The summed E-state index contributed by atoms with van der Waals surface area (Å²) in [5, 5.41) is 2.86. The van der Waals surface area contributed by atoms with E-state index in [0.717, 1.165) is 11.3 Å². The molecule has 1 N–H and O–H groups in total. The lowest BCUT2D eigenvalue weighted by Gasteiger charge is -2.14. The summed E-state index contributed by atoms with van der Waals surface area (Å²) in [6.45, 7) is 1.71. The molecule has 1 atom stereocenters. The highest BCUT2D eigenvalue weighted by Crippen LogP contribution is 2.27. The van der Waals surface area contributed by atoms with Crippen molar-refractivity contribution in [2.24, 2.45) is 0 Å². The third kappa shape index (κ3) is 4.21. The van der Waals surface area contributed by atoms with Crippen molar-refractivity contribution in [1.82, 2.24) is 4.98 Å². The van der Waals surface area contributed by atoms with Crippen LogP contribution in [0.4, 0.5) is 5.69 Å². The second-order valence-corrected chi connectivity index (χ2v) is 6.49. The van der Waals surface area contributed by atoms with Crippen LogP contribution in [-0.4, -0.2) is 24.1 Å². The molecule has 4 aromatic rings. The van der Waals surface area contributed by atoms with Gasteiger partial charge in [-0.2, -0.15) is 0 Å². The first-order valence-electron chi connectivity index (χ1n) is 9.20. The number of oxazole rings is 1. The average molecular weight is 388 g/mol. The minimum absolute atomic E-state index is 0.243. The van der Waals surface area contributed by atoms with Crippen molar-refractivity contribution in [2.45, 2.75) is 13.0 Å². The van der Waals surface area contributed by atoms with E-state index in [0.29, 0.717) is 28.4 Å². The fourth-order valence-corrected chi connectivity index (χ4v) is 2.86. The molecule has 0 bridgehead atoms. The number of aromatic nitrogens is 1. The number of hydrogen-bond donors (Lipinski definition) is 1. The van der Waals surface area contributed by atoms with Crippen LogP contribution >= 0.6 is 0 Å². The van der Waals surface area contributed by atoms with Crippen LogP contribution in [0.5, 0.6) is 11.5 Å². The topological polar surface area (TPSA) is 73.6 Å². The Morgan fingerprint density at radius 1 is 1.00 bits per heavy atom. The first-order valence-corrected chi connectivity index (χ1v) is 9.20. The largest absolute Gasteiger partial charge is 0.497 e. The Morgan fingerprint density at radius 3 is 2.48 bits per heavy atom. The number of benzene rings is 3. The zero-order valence-corrected chi connectivity index (χ0v) is 16.1. The number of anilines is 1. The molecule has 0 saturated heterocycles. The SMILES string of the molecule is COc1ccc(-c2nc3cc(NC(=O)[C@H](C)Oc4ccccc4)ccc3o2)cc1. The number of rotatable bonds is 6. The molecule has 6 heteroatoms. The van der Waals surface area contributed by atoms with Gasteiger partial charge in [-0.1, -0.05) is 18.2 Å². The highest BCUT2D eigenvalue weighted by molar-refractivity contribution is 5.95. The van der Waals surface area contributed by atoms with E-state index in [1.807, 2.05) is 54.6 Å². The van der Waals surface area contributed by atoms with Crippen molar-refractivity contribution < 1.29 is 18.7 Å². The van der Waals surface area contributed by atoms with Gasteiger partial charge in [-0.25, -0.2) is 4.98 Å². The molecule has 0 saturated carbocycles. The number of carbonyl (C=O) groups excluding carboxylic acids is 1. The van der Waals surface area contributed by atoms with Gasteiger partial charge in [0, 0.05) is 11.3 Å². The van der Waals surface area contributed by atoms with Gasteiger partial charge in [0.2, 0.25) is 5.89 Å². The molecule has 1 amide bonds. The van der Waals surface area contributed by atoms with Crippen molar-refractivity contribution in [3.05, 3.63) is 72.8 Å². The first kappa shape index (κ1) is 18.6. The Bertz CT molecular complexity index is 1120. The Kier molecular flexibility index (Phi) is 5.16. The number of hydrogen-bond acceptors (Lipinski definition) is 5. The fourth-order valence-electron chi connectivity index (χ4n) is 2.86. The number of methoxy groups -OCH3 is 1. The third-order valence-electron chi connectivity index (χ3n) is 4.42. The number of amides is 1. The molecule has 0 unspecified atom stereocenters. The number of nitrogens with one attached hydrogen (secondary N) is 1. The van der Waals surface area contributed by atoms with E-state index >= 15 is 0 Å². The third-order valence-corrected chi connectivity index (χ3v) is 4.42. The van der Waals surface area contributed by atoms with E-state index in [1.165, 1.54) is 0 Å². The lowest BCUT2D eigenvalue weighted by Crippen LogP contribution is -2.30. The fraction of sp³-hybridized carbons (Fsp3) is 0.130. The van der Waals surface area contributed by atoms with Gasteiger partial charge >= 0.3 is 0 Å². The second-order valence-electron chi connectivity index (χ2n) is 6.49. The minimum Gasteiger partial charge on any atom is -0.497 e. The van der Waals surface area contributed by atoms with Crippen LogP contribution < -0.4 is 14.8 Å². The van der Waals surface area contributed by atoms with Crippen LogP contribution in [0.3, 0.4) is 0 Å². The Morgan fingerprint density at radius 2 is 1.76 bits per heavy atom. The summed E-state index contributed by atoms with van der Waals surface area (Å²) in [5.41, 5.74) is 2.77. The Balaban J connectivity index is 1.49. The highest BCUT2D eigenvalue weighted by atomic mass is 16.5. The number of nitrogens with zero attached hydrogens (tertiary/aromatic N) is 1. The minimum atomic E-state index is -0.639. The first-order chi connectivity index (χ1) is 14.1. The van der Waals surface area contributed by atoms with Gasteiger partial charge in [-0.15, -0.1) is 0 Å². The highest BCUT2D eigenvalue weighted by Gasteiger charge is 2.16. The van der Waals surface area contributed by atoms with Gasteiger partial charge < -0.3 is 19.2 Å². The van der Waals surface area contributed by atoms with E-state index < -0.39 is 6.10 Å². The molecule has 0 fully saturated rings. The number of carbonyl (C=O) groups is 1. The maximum Gasteiger partial charge on any atom is 0.265 e. The van der Waals surface area contributed by atoms with Crippen molar-refractivity contribution in [3.63, 3.8) is 0 Å². The molecule has 0 aliphatic rings. The normalized spacial score (nSPS) is 11.8. The molecule has 1 aromatic heterocycles. The molecule has 29 heavy (non-hydrogen) atoms. The molecule has 6 nitrogen and oxygen atoms in total. The summed E-state index contributed by atoms with van der Waals surface area (Å²) in [6, 6.07) is 22.0. The Hall–Kier alpha value is -3.80. The van der Waals surface area contributed by atoms with Gasteiger partial charge in [0.25, 0.3) is 5.91 Å². The van der Waals surface area contributed by atoms with E-state index in [4.69, 9.17) is 13.9 Å². The molecule has 1 heterocycles. The van der Waals surface area contributed by atoms with Gasteiger partial charge in [0.1, 0.15) is 17.0 Å². The smallest absolute Gasteiger partial charge is 0.265 e. The van der Waals surface area contributed by atoms with Crippen LogP contribution in [0.1, 0.15) is 6.92 Å². The molecule has 0 radical (unpaired) electrons. The predicted octanol–water partition coefficient (Wildman–Crippen LogP) is 4.91. The van der Waals surface area contributed by atoms with Crippen LogP contribution in [0.2, 0.25) is 0 Å². The van der Waals surface area contributed by atoms with Crippen LogP contribution in [-0.2, 0) is 4.79 Å². The predicted molar refractivity (Wildman–Crippen MR) is 111 cm³/mol. The van der Waals surface area contributed by atoms with E-state index in [-0.39, 0.29) is 5.91 Å². The number of ether oxygens (including phenoxy) is 2. The van der Waals surface area contributed by atoms with Crippen LogP contribution in [0.25, 0.3) is 22.6 Å². The zero-order valence-electron chi connectivity index (χ0n) is 16.1. The lowest BCUT2D eigenvalue weighted by atomic mass is 10.2. The molecule has 0 aliphatic heterocycles. The summed E-state index contributed by atoms with van der Waals surface area (Å²) in [5.74, 6) is 1.67. The molecular formula is C23H20N2O4. The maximum atomic E-state index is 12.4. The summed E-state index contributed by atoms with van der Waals surface area (Å²) in [4.78, 5) is 17.0. The molecule has 0 spiro atoms. The lowest BCUT2D eigenvalue weighted by molar-refractivity contribution is -0.122. The summed E-state index contributed by atoms with van der Waals surface area (Å²) in [7, 11) is 1.62. The van der Waals surface area contributed by atoms with Gasteiger partial charge in [0.15, 0.2) is 11.7 Å².